The van der Waals surface area contributed by atoms with E-state index in [1.165, 1.54) is 0 Å². The lowest BCUT2D eigenvalue weighted by molar-refractivity contribution is 0.712. The number of rotatable bonds is 5. The van der Waals surface area contributed by atoms with Gasteiger partial charge in [-0.1, -0.05) is 36.2 Å². The van der Waals surface area contributed by atoms with Crippen LogP contribution in [-0.4, -0.2) is 16.5 Å². The van der Waals surface area contributed by atoms with Gasteiger partial charge in [-0.05, 0) is 24.2 Å². The fourth-order valence-corrected chi connectivity index (χ4v) is 2.17. The fourth-order valence-electron chi connectivity index (χ4n) is 1.69. The van der Waals surface area contributed by atoms with E-state index in [2.05, 4.69) is 22.2 Å². The number of hydrogen-bond acceptors (Lipinski definition) is 2. The number of aromatic nitrogens is 2. The standard InChI is InChI=1S/C13H15Cl2N3/c1-2-16-7-11-8-17-13(18-11)5-9-3-4-10(14)6-12(9)15/h3-4,6,8,16H,2,5,7H2,1H3,(H,17,18). The molecule has 0 spiro atoms. The number of hydrogen-bond donors (Lipinski definition) is 2. The fraction of sp³-hybridized carbons (Fsp3) is 0.308. The molecule has 96 valence electrons. The quantitative estimate of drug-likeness (QED) is 0.883. The molecule has 0 aliphatic heterocycles. The van der Waals surface area contributed by atoms with Crippen LogP contribution < -0.4 is 5.32 Å². The van der Waals surface area contributed by atoms with Crippen LogP contribution in [0.15, 0.2) is 24.4 Å². The molecule has 2 N–H and O–H groups in total. The summed E-state index contributed by atoms with van der Waals surface area (Å²) in [7, 11) is 0. The third-order valence-electron chi connectivity index (χ3n) is 2.62. The summed E-state index contributed by atoms with van der Waals surface area (Å²) in [5.41, 5.74) is 2.10. The number of nitrogens with zero attached hydrogens (tertiary/aromatic N) is 1. The molecule has 3 nitrogen and oxygen atoms in total. The molecule has 2 aromatic rings. The third kappa shape index (κ3) is 3.48. The molecule has 0 bridgehead atoms. The average molecular weight is 284 g/mol. The van der Waals surface area contributed by atoms with Crippen LogP contribution in [0.4, 0.5) is 0 Å². The summed E-state index contributed by atoms with van der Waals surface area (Å²) in [6.07, 6.45) is 2.53. The first-order valence-electron chi connectivity index (χ1n) is 5.86. The summed E-state index contributed by atoms with van der Waals surface area (Å²) in [4.78, 5) is 7.61. The summed E-state index contributed by atoms with van der Waals surface area (Å²) >= 11 is 12.0. The van der Waals surface area contributed by atoms with Gasteiger partial charge in [0.25, 0.3) is 0 Å². The smallest absolute Gasteiger partial charge is 0.110 e. The van der Waals surface area contributed by atoms with Crippen molar-refractivity contribution in [2.75, 3.05) is 6.54 Å². The second-order valence-corrected chi connectivity index (χ2v) is 4.89. The van der Waals surface area contributed by atoms with Gasteiger partial charge >= 0.3 is 0 Å². The molecule has 0 fully saturated rings. The number of aromatic amines is 1. The minimum atomic E-state index is 0.649. The Bertz CT molecular complexity index is 523. The van der Waals surface area contributed by atoms with Crippen molar-refractivity contribution in [2.24, 2.45) is 0 Å². The van der Waals surface area contributed by atoms with Crippen molar-refractivity contribution >= 4 is 23.2 Å². The third-order valence-corrected chi connectivity index (χ3v) is 3.21. The lowest BCUT2D eigenvalue weighted by atomic mass is 10.1. The first-order chi connectivity index (χ1) is 8.69. The predicted octanol–water partition coefficient (Wildman–Crippen LogP) is 3.42. The molecule has 0 aliphatic rings. The summed E-state index contributed by atoms with van der Waals surface area (Å²) in [6.45, 7) is 3.82. The van der Waals surface area contributed by atoms with Gasteiger partial charge in [-0.25, -0.2) is 4.98 Å². The first kappa shape index (κ1) is 13.4. The molecule has 0 unspecified atom stereocenters. The van der Waals surface area contributed by atoms with Crippen molar-refractivity contribution in [3.05, 3.63) is 51.5 Å². The molecule has 0 radical (unpaired) electrons. The minimum Gasteiger partial charge on any atom is -0.345 e. The zero-order valence-corrected chi connectivity index (χ0v) is 11.6. The molecule has 0 amide bonds. The average Bonchev–Trinajstić information content (AvgIpc) is 2.78. The summed E-state index contributed by atoms with van der Waals surface area (Å²) < 4.78 is 0. The summed E-state index contributed by atoms with van der Waals surface area (Å²) in [5.74, 6) is 0.909. The summed E-state index contributed by atoms with van der Waals surface area (Å²) in [5, 5.41) is 4.57. The second kappa shape index (κ2) is 6.23. The number of imidazole rings is 1. The molecule has 1 aromatic carbocycles. The maximum Gasteiger partial charge on any atom is 0.110 e. The van der Waals surface area contributed by atoms with Crippen LogP contribution >= 0.6 is 23.2 Å². The van der Waals surface area contributed by atoms with E-state index in [-0.39, 0.29) is 0 Å². The summed E-state index contributed by atoms with van der Waals surface area (Å²) in [6, 6.07) is 5.52. The molecule has 1 heterocycles. The van der Waals surface area contributed by atoms with Crippen LogP contribution in [0.2, 0.25) is 10.0 Å². The zero-order chi connectivity index (χ0) is 13.0. The van der Waals surface area contributed by atoms with E-state index in [9.17, 15) is 0 Å². The second-order valence-electron chi connectivity index (χ2n) is 4.05. The molecule has 1 aromatic heterocycles. The molecule has 18 heavy (non-hydrogen) atoms. The number of halogens is 2. The molecule has 0 saturated heterocycles. The topological polar surface area (TPSA) is 40.7 Å². The Morgan fingerprint density at radius 3 is 2.89 bits per heavy atom. The van der Waals surface area contributed by atoms with E-state index in [1.807, 2.05) is 18.3 Å². The first-order valence-corrected chi connectivity index (χ1v) is 6.62. The van der Waals surface area contributed by atoms with Crippen LogP contribution in [0.1, 0.15) is 24.0 Å². The maximum absolute atomic E-state index is 6.13. The van der Waals surface area contributed by atoms with E-state index in [4.69, 9.17) is 23.2 Å². The lowest BCUT2D eigenvalue weighted by Gasteiger charge is -2.02. The van der Waals surface area contributed by atoms with E-state index in [0.29, 0.717) is 16.5 Å². The van der Waals surface area contributed by atoms with E-state index in [1.54, 1.807) is 6.07 Å². The molecule has 0 saturated carbocycles. The van der Waals surface area contributed by atoms with E-state index in [0.717, 1.165) is 30.2 Å². The van der Waals surface area contributed by atoms with Gasteiger partial charge in [0.05, 0.1) is 0 Å². The van der Waals surface area contributed by atoms with Crippen LogP contribution in [-0.2, 0) is 13.0 Å². The molecule has 5 heteroatoms. The van der Waals surface area contributed by atoms with Gasteiger partial charge in [-0.2, -0.15) is 0 Å². The normalized spacial score (nSPS) is 10.8. The van der Waals surface area contributed by atoms with Crippen molar-refractivity contribution in [3.63, 3.8) is 0 Å². The van der Waals surface area contributed by atoms with Gasteiger partial charge in [0, 0.05) is 34.9 Å². The Morgan fingerprint density at radius 1 is 1.33 bits per heavy atom. The van der Waals surface area contributed by atoms with Crippen molar-refractivity contribution < 1.29 is 0 Å². The van der Waals surface area contributed by atoms with Gasteiger partial charge in [0.2, 0.25) is 0 Å². The van der Waals surface area contributed by atoms with Crippen LogP contribution in [0.5, 0.6) is 0 Å². The van der Waals surface area contributed by atoms with Crippen molar-refractivity contribution in [1.82, 2.24) is 15.3 Å². The minimum absolute atomic E-state index is 0.649. The predicted molar refractivity (Wildman–Crippen MR) is 75.2 cm³/mol. The highest BCUT2D eigenvalue weighted by Gasteiger charge is 2.06. The molecule has 0 aliphatic carbocycles. The van der Waals surface area contributed by atoms with Crippen LogP contribution in [0, 0.1) is 0 Å². The Balaban J connectivity index is 2.06. The number of benzene rings is 1. The maximum atomic E-state index is 6.13. The lowest BCUT2D eigenvalue weighted by Crippen LogP contribution is -2.11. The molecule has 0 atom stereocenters. The van der Waals surface area contributed by atoms with Crippen molar-refractivity contribution in [2.45, 2.75) is 19.9 Å². The van der Waals surface area contributed by atoms with E-state index < -0.39 is 0 Å². The molecular weight excluding hydrogens is 269 g/mol. The number of nitrogens with one attached hydrogen (secondary N) is 2. The van der Waals surface area contributed by atoms with Gasteiger partial charge < -0.3 is 10.3 Å². The van der Waals surface area contributed by atoms with Gasteiger partial charge in [0.15, 0.2) is 0 Å². The van der Waals surface area contributed by atoms with Crippen molar-refractivity contribution in [1.29, 1.82) is 0 Å². The molecule has 2 rings (SSSR count). The molecular formula is C13H15Cl2N3. The van der Waals surface area contributed by atoms with Crippen molar-refractivity contribution in [3.8, 4) is 0 Å². The highest BCUT2D eigenvalue weighted by Crippen LogP contribution is 2.22. The van der Waals surface area contributed by atoms with Gasteiger partial charge in [-0.3, -0.25) is 0 Å². The van der Waals surface area contributed by atoms with Crippen LogP contribution in [0.25, 0.3) is 0 Å². The Morgan fingerprint density at radius 2 is 2.17 bits per heavy atom. The van der Waals surface area contributed by atoms with Gasteiger partial charge in [-0.15, -0.1) is 0 Å². The zero-order valence-electron chi connectivity index (χ0n) is 10.1. The SMILES string of the molecule is CCNCc1cnc(Cc2ccc(Cl)cc2Cl)[nH]1. The highest BCUT2D eigenvalue weighted by molar-refractivity contribution is 6.35. The monoisotopic (exact) mass is 283 g/mol. The van der Waals surface area contributed by atoms with Crippen LogP contribution in [0.3, 0.4) is 0 Å². The largest absolute Gasteiger partial charge is 0.345 e. The van der Waals surface area contributed by atoms with Gasteiger partial charge in [0.1, 0.15) is 5.82 Å². The van der Waals surface area contributed by atoms with E-state index >= 15 is 0 Å². The highest BCUT2D eigenvalue weighted by atomic mass is 35.5. The Labute approximate surface area is 117 Å². The Kier molecular flexibility index (Phi) is 4.64. The Hall–Kier alpha value is -1.03. The number of H-pyrrole nitrogens is 1.